The summed E-state index contributed by atoms with van der Waals surface area (Å²) in [5, 5.41) is 2.75. The average Bonchev–Trinajstić information content (AvgIpc) is 2.87. The van der Waals surface area contributed by atoms with Crippen molar-refractivity contribution in [2.75, 3.05) is 11.9 Å². The summed E-state index contributed by atoms with van der Waals surface area (Å²) < 4.78 is 0. The first kappa shape index (κ1) is 16.9. The predicted octanol–water partition coefficient (Wildman–Crippen LogP) is 2.78. The van der Waals surface area contributed by atoms with Gasteiger partial charge in [0.15, 0.2) is 0 Å². The zero-order valence-electron chi connectivity index (χ0n) is 14.3. The lowest BCUT2D eigenvalue weighted by atomic mass is 9.98. The fraction of sp³-hybridized carbons (Fsp3) is 0.250. The largest absolute Gasteiger partial charge is 0.325 e. The van der Waals surface area contributed by atoms with Gasteiger partial charge >= 0.3 is 0 Å². The molecule has 1 saturated heterocycles. The number of anilines is 1. The van der Waals surface area contributed by atoms with Crippen LogP contribution in [0.25, 0.3) is 0 Å². The van der Waals surface area contributed by atoms with Crippen LogP contribution in [-0.4, -0.2) is 29.2 Å². The van der Waals surface area contributed by atoms with Gasteiger partial charge in [0.2, 0.25) is 17.7 Å². The number of benzene rings is 2. The first-order valence-electron chi connectivity index (χ1n) is 8.22. The molecule has 5 heteroatoms. The van der Waals surface area contributed by atoms with E-state index in [1.807, 2.05) is 56.3 Å². The Labute approximate surface area is 146 Å². The second kappa shape index (κ2) is 6.89. The number of hydrogen-bond acceptors (Lipinski definition) is 3. The number of imide groups is 1. The Balaban J connectivity index is 1.67. The minimum absolute atomic E-state index is 0.111. The zero-order valence-corrected chi connectivity index (χ0v) is 14.3. The highest BCUT2D eigenvalue weighted by atomic mass is 16.2. The highest BCUT2D eigenvalue weighted by Crippen LogP contribution is 2.29. The molecule has 0 aromatic heterocycles. The summed E-state index contributed by atoms with van der Waals surface area (Å²) in [6.07, 6.45) is 0.111. The van der Waals surface area contributed by atoms with Crippen molar-refractivity contribution in [2.45, 2.75) is 26.2 Å². The van der Waals surface area contributed by atoms with Gasteiger partial charge in [-0.15, -0.1) is 0 Å². The number of likely N-dealkylation sites (tertiary alicyclic amines) is 1. The third kappa shape index (κ3) is 3.60. The second-order valence-corrected chi connectivity index (χ2v) is 6.33. The van der Waals surface area contributed by atoms with Crippen molar-refractivity contribution in [1.82, 2.24) is 4.90 Å². The molecule has 0 radical (unpaired) electrons. The molecule has 1 fully saturated rings. The summed E-state index contributed by atoms with van der Waals surface area (Å²) in [4.78, 5) is 38.0. The molecule has 1 aliphatic rings. The number of carbonyl (C=O) groups is 3. The van der Waals surface area contributed by atoms with Gasteiger partial charge < -0.3 is 5.32 Å². The van der Waals surface area contributed by atoms with E-state index in [-0.39, 0.29) is 30.7 Å². The van der Waals surface area contributed by atoms with Crippen molar-refractivity contribution in [3.05, 3.63) is 65.2 Å². The van der Waals surface area contributed by atoms with E-state index in [0.717, 1.165) is 21.6 Å². The van der Waals surface area contributed by atoms with Crippen LogP contribution in [0.4, 0.5) is 5.69 Å². The maximum absolute atomic E-state index is 12.5. The molecule has 1 heterocycles. The van der Waals surface area contributed by atoms with E-state index in [4.69, 9.17) is 0 Å². The van der Waals surface area contributed by atoms with E-state index in [9.17, 15) is 14.4 Å². The number of nitrogens with one attached hydrogen (secondary N) is 1. The van der Waals surface area contributed by atoms with Gasteiger partial charge in [-0.3, -0.25) is 19.3 Å². The molecule has 0 bridgehead atoms. The van der Waals surface area contributed by atoms with Crippen LogP contribution < -0.4 is 5.32 Å². The summed E-state index contributed by atoms with van der Waals surface area (Å²) in [6, 6.07) is 14.8. The molecule has 0 saturated carbocycles. The third-order valence-corrected chi connectivity index (χ3v) is 4.54. The van der Waals surface area contributed by atoms with Gasteiger partial charge in [0, 0.05) is 12.1 Å². The number of rotatable bonds is 4. The van der Waals surface area contributed by atoms with Gasteiger partial charge in [0.05, 0.1) is 5.92 Å². The zero-order chi connectivity index (χ0) is 18.0. The number of hydrogen-bond donors (Lipinski definition) is 1. The van der Waals surface area contributed by atoms with Crippen LogP contribution in [-0.2, 0) is 14.4 Å². The molecule has 5 nitrogen and oxygen atoms in total. The number of carbonyl (C=O) groups excluding carboxylic acids is 3. The molecule has 2 aromatic rings. The standard InChI is InChI=1S/C20H20N2O3/c1-13-8-9-16(10-14(13)2)21-18(23)12-22-19(24)11-17(20(22)25)15-6-4-3-5-7-15/h3-10,17H,11-12H2,1-2H3,(H,21,23)/t17-/m1/s1. The van der Waals surface area contributed by atoms with Gasteiger partial charge in [0.1, 0.15) is 6.54 Å². The molecule has 0 spiro atoms. The van der Waals surface area contributed by atoms with E-state index in [2.05, 4.69) is 5.32 Å². The maximum atomic E-state index is 12.5. The highest BCUT2D eigenvalue weighted by Gasteiger charge is 2.40. The second-order valence-electron chi connectivity index (χ2n) is 6.33. The lowest BCUT2D eigenvalue weighted by Crippen LogP contribution is -2.37. The molecule has 1 aliphatic heterocycles. The van der Waals surface area contributed by atoms with Gasteiger partial charge in [-0.2, -0.15) is 0 Å². The van der Waals surface area contributed by atoms with E-state index < -0.39 is 5.92 Å². The molecule has 3 rings (SSSR count). The molecular formula is C20H20N2O3. The Kier molecular flexibility index (Phi) is 4.65. The van der Waals surface area contributed by atoms with Crippen molar-refractivity contribution < 1.29 is 14.4 Å². The molecule has 1 atom stereocenters. The van der Waals surface area contributed by atoms with Crippen molar-refractivity contribution in [1.29, 1.82) is 0 Å². The Bertz CT molecular complexity index is 830. The normalized spacial score (nSPS) is 17.0. The number of amides is 3. The molecule has 0 aliphatic carbocycles. The van der Waals surface area contributed by atoms with Crippen LogP contribution in [0.3, 0.4) is 0 Å². The topological polar surface area (TPSA) is 66.5 Å². The minimum Gasteiger partial charge on any atom is -0.325 e. The molecular weight excluding hydrogens is 316 g/mol. The first-order valence-corrected chi connectivity index (χ1v) is 8.22. The van der Waals surface area contributed by atoms with E-state index in [1.165, 1.54) is 0 Å². The van der Waals surface area contributed by atoms with Crippen LogP contribution in [0, 0.1) is 13.8 Å². The van der Waals surface area contributed by atoms with Crippen molar-refractivity contribution >= 4 is 23.4 Å². The first-order chi connectivity index (χ1) is 12.0. The Morgan fingerprint density at radius 3 is 2.48 bits per heavy atom. The number of nitrogens with zero attached hydrogens (tertiary/aromatic N) is 1. The van der Waals surface area contributed by atoms with Crippen molar-refractivity contribution in [3.63, 3.8) is 0 Å². The van der Waals surface area contributed by atoms with E-state index in [0.29, 0.717) is 5.69 Å². The van der Waals surface area contributed by atoms with E-state index in [1.54, 1.807) is 6.07 Å². The predicted molar refractivity (Wildman–Crippen MR) is 95.1 cm³/mol. The third-order valence-electron chi connectivity index (χ3n) is 4.54. The monoisotopic (exact) mass is 336 g/mol. The summed E-state index contributed by atoms with van der Waals surface area (Å²) in [5.74, 6) is -1.50. The van der Waals surface area contributed by atoms with Crippen LogP contribution in [0.1, 0.15) is 29.0 Å². The van der Waals surface area contributed by atoms with Crippen LogP contribution in [0.5, 0.6) is 0 Å². The van der Waals surface area contributed by atoms with Gasteiger partial charge in [-0.1, -0.05) is 36.4 Å². The summed E-state index contributed by atoms with van der Waals surface area (Å²) in [5.41, 5.74) is 3.66. The quantitative estimate of drug-likeness (QED) is 0.873. The van der Waals surface area contributed by atoms with Gasteiger partial charge in [-0.25, -0.2) is 0 Å². The maximum Gasteiger partial charge on any atom is 0.244 e. The Morgan fingerprint density at radius 2 is 1.80 bits per heavy atom. The van der Waals surface area contributed by atoms with Crippen LogP contribution >= 0.6 is 0 Å². The molecule has 25 heavy (non-hydrogen) atoms. The Hall–Kier alpha value is -2.95. The van der Waals surface area contributed by atoms with Crippen molar-refractivity contribution in [3.8, 4) is 0 Å². The SMILES string of the molecule is Cc1ccc(NC(=O)CN2C(=O)C[C@H](c3ccccc3)C2=O)cc1C. The fourth-order valence-corrected chi connectivity index (χ4v) is 2.96. The fourth-order valence-electron chi connectivity index (χ4n) is 2.96. The lowest BCUT2D eigenvalue weighted by molar-refractivity contribution is -0.141. The summed E-state index contributed by atoms with van der Waals surface area (Å²) in [6.45, 7) is 3.70. The minimum atomic E-state index is -0.497. The smallest absolute Gasteiger partial charge is 0.244 e. The molecule has 1 N–H and O–H groups in total. The lowest BCUT2D eigenvalue weighted by Gasteiger charge is -2.15. The number of aryl methyl sites for hydroxylation is 2. The highest BCUT2D eigenvalue weighted by molar-refractivity contribution is 6.09. The van der Waals surface area contributed by atoms with Gasteiger partial charge in [-0.05, 0) is 42.7 Å². The van der Waals surface area contributed by atoms with Crippen LogP contribution in [0.2, 0.25) is 0 Å². The van der Waals surface area contributed by atoms with Crippen molar-refractivity contribution in [2.24, 2.45) is 0 Å². The molecule has 0 unspecified atom stereocenters. The van der Waals surface area contributed by atoms with Gasteiger partial charge in [0.25, 0.3) is 0 Å². The summed E-state index contributed by atoms with van der Waals surface area (Å²) >= 11 is 0. The molecule has 3 amide bonds. The van der Waals surface area contributed by atoms with Crippen LogP contribution in [0.15, 0.2) is 48.5 Å². The molecule has 128 valence electrons. The average molecular weight is 336 g/mol. The molecule has 2 aromatic carbocycles. The summed E-state index contributed by atoms with van der Waals surface area (Å²) in [7, 11) is 0. The Morgan fingerprint density at radius 1 is 1.08 bits per heavy atom. The van der Waals surface area contributed by atoms with E-state index >= 15 is 0 Å².